The van der Waals surface area contributed by atoms with E-state index < -0.39 is 6.04 Å². The minimum atomic E-state index is -0.532. The first-order valence-corrected chi connectivity index (χ1v) is 11.8. The summed E-state index contributed by atoms with van der Waals surface area (Å²) in [5, 5.41) is 3.04. The lowest BCUT2D eigenvalue weighted by Gasteiger charge is -2.31. The van der Waals surface area contributed by atoms with Crippen molar-refractivity contribution < 1.29 is 19.1 Å². The molecule has 2 amide bonds. The molecule has 0 saturated carbocycles. The van der Waals surface area contributed by atoms with E-state index in [0.29, 0.717) is 32.4 Å². The maximum atomic E-state index is 13.3. The van der Waals surface area contributed by atoms with Gasteiger partial charge in [-0.25, -0.2) is 0 Å². The lowest BCUT2D eigenvalue weighted by Crippen LogP contribution is -2.50. The molecule has 0 bridgehead atoms. The van der Waals surface area contributed by atoms with Crippen LogP contribution in [0.2, 0.25) is 0 Å². The standard InChI is InChI=1S/C27H38N2O4/c1-6-21(4)28-27(31)25(7-2)29(19-22-10-8-11-24(18-22)32-5)26(30)12-9-17-33-23-15-13-20(3)14-16-23/h8,10-11,13-16,18,21,25H,6-7,9,12,17,19H2,1-5H3,(H,28,31). The van der Waals surface area contributed by atoms with Crippen LogP contribution >= 0.6 is 0 Å². The second-order valence-electron chi connectivity index (χ2n) is 8.38. The van der Waals surface area contributed by atoms with Crippen molar-refractivity contribution in [2.75, 3.05) is 13.7 Å². The third-order valence-corrected chi connectivity index (χ3v) is 5.70. The molecule has 2 aromatic carbocycles. The summed E-state index contributed by atoms with van der Waals surface area (Å²) in [4.78, 5) is 28.0. The van der Waals surface area contributed by atoms with Crippen LogP contribution in [-0.4, -0.2) is 42.5 Å². The third kappa shape index (κ3) is 8.44. The van der Waals surface area contributed by atoms with Gasteiger partial charge in [-0.05, 0) is 62.9 Å². The molecular formula is C27H38N2O4. The number of nitrogens with zero attached hydrogens (tertiary/aromatic N) is 1. The van der Waals surface area contributed by atoms with Gasteiger partial charge in [0.2, 0.25) is 11.8 Å². The minimum Gasteiger partial charge on any atom is -0.497 e. The molecule has 0 saturated heterocycles. The van der Waals surface area contributed by atoms with Crippen LogP contribution in [0.1, 0.15) is 57.6 Å². The van der Waals surface area contributed by atoms with Crippen LogP contribution in [-0.2, 0) is 16.1 Å². The molecular weight excluding hydrogens is 416 g/mol. The summed E-state index contributed by atoms with van der Waals surface area (Å²) in [6.45, 7) is 8.76. The van der Waals surface area contributed by atoms with Gasteiger partial charge in [0.05, 0.1) is 13.7 Å². The van der Waals surface area contributed by atoms with E-state index in [2.05, 4.69) is 5.32 Å². The number of carbonyl (C=O) groups is 2. The van der Waals surface area contributed by atoms with E-state index >= 15 is 0 Å². The fourth-order valence-corrected chi connectivity index (χ4v) is 3.52. The number of benzene rings is 2. The third-order valence-electron chi connectivity index (χ3n) is 5.70. The highest BCUT2D eigenvalue weighted by Crippen LogP contribution is 2.19. The number of hydrogen-bond acceptors (Lipinski definition) is 4. The van der Waals surface area contributed by atoms with E-state index in [1.54, 1.807) is 12.0 Å². The molecule has 180 valence electrons. The molecule has 1 N–H and O–H groups in total. The maximum Gasteiger partial charge on any atom is 0.243 e. The Kier molecular flexibility index (Phi) is 10.7. The molecule has 0 radical (unpaired) electrons. The molecule has 6 nitrogen and oxygen atoms in total. The molecule has 0 aliphatic carbocycles. The van der Waals surface area contributed by atoms with Crippen LogP contribution in [0.5, 0.6) is 11.5 Å². The topological polar surface area (TPSA) is 67.9 Å². The zero-order valence-corrected chi connectivity index (χ0v) is 20.6. The average Bonchev–Trinajstić information content (AvgIpc) is 2.82. The van der Waals surface area contributed by atoms with Crippen LogP contribution < -0.4 is 14.8 Å². The second kappa shape index (κ2) is 13.5. The Morgan fingerprint density at radius 2 is 1.76 bits per heavy atom. The van der Waals surface area contributed by atoms with Crippen molar-refractivity contribution in [3.05, 3.63) is 59.7 Å². The first-order chi connectivity index (χ1) is 15.9. The summed E-state index contributed by atoms with van der Waals surface area (Å²) in [6.07, 6.45) is 2.26. The number of aryl methyl sites for hydroxylation is 1. The predicted octanol–water partition coefficient (Wildman–Crippen LogP) is 4.88. The van der Waals surface area contributed by atoms with Crippen LogP contribution in [0.4, 0.5) is 0 Å². The molecule has 0 aromatic heterocycles. The van der Waals surface area contributed by atoms with Crippen LogP contribution in [0, 0.1) is 6.92 Å². The van der Waals surface area contributed by atoms with E-state index in [1.165, 1.54) is 5.56 Å². The van der Waals surface area contributed by atoms with Crippen molar-refractivity contribution in [2.24, 2.45) is 0 Å². The number of nitrogens with one attached hydrogen (secondary N) is 1. The van der Waals surface area contributed by atoms with Gasteiger partial charge in [0, 0.05) is 19.0 Å². The van der Waals surface area contributed by atoms with E-state index in [4.69, 9.17) is 9.47 Å². The number of hydrogen-bond donors (Lipinski definition) is 1. The fraction of sp³-hybridized carbons (Fsp3) is 0.481. The predicted molar refractivity (Wildman–Crippen MR) is 131 cm³/mol. The van der Waals surface area contributed by atoms with E-state index in [0.717, 1.165) is 23.5 Å². The van der Waals surface area contributed by atoms with Gasteiger partial charge in [0.25, 0.3) is 0 Å². The summed E-state index contributed by atoms with van der Waals surface area (Å²) >= 11 is 0. The molecule has 0 fully saturated rings. The van der Waals surface area contributed by atoms with Crippen LogP contribution in [0.15, 0.2) is 48.5 Å². The van der Waals surface area contributed by atoms with Crippen molar-refractivity contribution in [3.8, 4) is 11.5 Å². The number of ether oxygens (including phenoxy) is 2. The minimum absolute atomic E-state index is 0.0585. The van der Waals surface area contributed by atoms with Gasteiger partial charge in [-0.1, -0.05) is 43.7 Å². The molecule has 2 rings (SSSR count). The Balaban J connectivity index is 2.09. The van der Waals surface area contributed by atoms with Crippen molar-refractivity contribution in [2.45, 2.75) is 72.0 Å². The normalized spacial score (nSPS) is 12.5. The van der Waals surface area contributed by atoms with Crippen molar-refractivity contribution in [1.29, 1.82) is 0 Å². The van der Waals surface area contributed by atoms with Crippen molar-refractivity contribution in [1.82, 2.24) is 10.2 Å². The molecule has 0 aliphatic rings. The highest BCUT2D eigenvalue weighted by Gasteiger charge is 2.29. The highest BCUT2D eigenvalue weighted by molar-refractivity contribution is 5.87. The van der Waals surface area contributed by atoms with Gasteiger partial charge >= 0.3 is 0 Å². The average molecular weight is 455 g/mol. The van der Waals surface area contributed by atoms with Gasteiger partial charge in [-0.15, -0.1) is 0 Å². The maximum absolute atomic E-state index is 13.3. The number of amides is 2. The van der Waals surface area contributed by atoms with Gasteiger partial charge < -0.3 is 19.7 Å². The molecule has 2 unspecified atom stereocenters. The van der Waals surface area contributed by atoms with E-state index in [9.17, 15) is 9.59 Å². The Hall–Kier alpha value is -3.02. The van der Waals surface area contributed by atoms with E-state index in [-0.39, 0.29) is 17.9 Å². The lowest BCUT2D eigenvalue weighted by atomic mass is 10.1. The molecule has 33 heavy (non-hydrogen) atoms. The largest absolute Gasteiger partial charge is 0.497 e. The van der Waals surface area contributed by atoms with Gasteiger partial charge in [-0.2, -0.15) is 0 Å². The Bertz CT molecular complexity index is 882. The first kappa shape index (κ1) is 26.2. The number of carbonyl (C=O) groups excluding carboxylic acids is 2. The summed E-state index contributed by atoms with van der Waals surface area (Å²) < 4.78 is 11.1. The molecule has 6 heteroatoms. The zero-order valence-electron chi connectivity index (χ0n) is 20.6. The van der Waals surface area contributed by atoms with Gasteiger partial charge in [0.15, 0.2) is 0 Å². The number of methoxy groups -OCH3 is 1. The monoisotopic (exact) mass is 454 g/mol. The van der Waals surface area contributed by atoms with Crippen LogP contribution in [0.25, 0.3) is 0 Å². The van der Waals surface area contributed by atoms with Crippen molar-refractivity contribution in [3.63, 3.8) is 0 Å². The smallest absolute Gasteiger partial charge is 0.243 e. The zero-order chi connectivity index (χ0) is 24.2. The molecule has 2 aromatic rings. The van der Waals surface area contributed by atoms with Crippen LogP contribution in [0.3, 0.4) is 0 Å². The highest BCUT2D eigenvalue weighted by atomic mass is 16.5. The molecule has 2 atom stereocenters. The quantitative estimate of drug-likeness (QED) is 0.438. The van der Waals surface area contributed by atoms with E-state index in [1.807, 2.05) is 76.2 Å². The Morgan fingerprint density at radius 3 is 2.39 bits per heavy atom. The fourth-order valence-electron chi connectivity index (χ4n) is 3.52. The van der Waals surface area contributed by atoms with Gasteiger partial charge in [-0.3, -0.25) is 9.59 Å². The summed E-state index contributed by atoms with van der Waals surface area (Å²) in [6, 6.07) is 15.0. The Labute approximate surface area is 198 Å². The summed E-state index contributed by atoms with van der Waals surface area (Å²) in [7, 11) is 1.62. The lowest BCUT2D eigenvalue weighted by molar-refractivity contribution is -0.141. The molecule has 0 spiro atoms. The summed E-state index contributed by atoms with van der Waals surface area (Å²) in [5.41, 5.74) is 2.10. The second-order valence-corrected chi connectivity index (χ2v) is 8.38. The number of rotatable bonds is 13. The van der Waals surface area contributed by atoms with Gasteiger partial charge in [0.1, 0.15) is 17.5 Å². The van der Waals surface area contributed by atoms with Crippen molar-refractivity contribution >= 4 is 11.8 Å². The Morgan fingerprint density at radius 1 is 1.03 bits per heavy atom. The summed E-state index contributed by atoms with van der Waals surface area (Å²) in [5.74, 6) is 1.35. The molecule has 0 aliphatic heterocycles. The SMILES string of the molecule is CCC(C)NC(=O)C(CC)N(Cc1cccc(OC)c1)C(=O)CCCOc1ccc(C)cc1. The molecule has 0 heterocycles. The first-order valence-electron chi connectivity index (χ1n) is 11.8.